The summed E-state index contributed by atoms with van der Waals surface area (Å²) in [6.45, 7) is 4.40. The van der Waals surface area contributed by atoms with Gasteiger partial charge in [0.05, 0.1) is 39.6 Å². The Bertz CT molecular complexity index is 1450. The van der Waals surface area contributed by atoms with Crippen LogP contribution in [0, 0.1) is 0 Å². The molecule has 44 heavy (non-hydrogen) atoms. The van der Waals surface area contributed by atoms with Gasteiger partial charge in [0.15, 0.2) is 0 Å². The fourth-order valence-corrected chi connectivity index (χ4v) is 5.75. The highest BCUT2D eigenvalue weighted by Crippen LogP contribution is 2.42. The van der Waals surface area contributed by atoms with Gasteiger partial charge >= 0.3 is 0 Å². The molecule has 228 valence electrons. The van der Waals surface area contributed by atoms with Crippen molar-refractivity contribution >= 4 is 0 Å². The molecule has 2 aliphatic rings. The van der Waals surface area contributed by atoms with Gasteiger partial charge in [0.25, 0.3) is 0 Å². The minimum Gasteiger partial charge on any atom is -0.374 e. The van der Waals surface area contributed by atoms with Gasteiger partial charge in [-0.3, -0.25) is 0 Å². The molecule has 1 saturated heterocycles. The van der Waals surface area contributed by atoms with E-state index in [0.29, 0.717) is 39.6 Å². The third kappa shape index (κ3) is 7.71. The number of hydrogen-bond donors (Lipinski definition) is 0. The van der Waals surface area contributed by atoms with Crippen LogP contribution in [0.1, 0.15) is 29.2 Å². The van der Waals surface area contributed by atoms with Crippen LogP contribution < -0.4 is 0 Å². The first-order valence-corrected chi connectivity index (χ1v) is 15.3. The molecule has 6 nitrogen and oxygen atoms in total. The van der Waals surface area contributed by atoms with Crippen molar-refractivity contribution in [2.45, 2.75) is 63.6 Å². The van der Waals surface area contributed by atoms with Gasteiger partial charge in [0.1, 0.15) is 24.4 Å². The zero-order valence-electron chi connectivity index (χ0n) is 25.1. The molecule has 0 N–H and O–H groups in total. The van der Waals surface area contributed by atoms with Crippen molar-refractivity contribution in [3.63, 3.8) is 0 Å². The van der Waals surface area contributed by atoms with Crippen LogP contribution in [0.25, 0.3) is 0 Å². The average Bonchev–Trinajstić information content (AvgIpc) is 3.44. The summed E-state index contributed by atoms with van der Waals surface area (Å²) in [6, 6.07) is 40.6. The maximum absolute atomic E-state index is 6.87. The predicted octanol–water partition coefficient (Wildman–Crippen LogP) is 7.03. The molecule has 5 atom stereocenters. The van der Waals surface area contributed by atoms with Crippen molar-refractivity contribution in [1.29, 1.82) is 0 Å². The van der Waals surface area contributed by atoms with Gasteiger partial charge in [-0.25, -0.2) is 0 Å². The van der Waals surface area contributed by atoms with Crippen LogP contribution in [0.15, 0.2) is 133 Å². The van der Waals surface area contributed by atoms with Gasteiger partial charge < -0.3 is 28.4 Å². The van der Waals surface area contributed by atoms with E-state index in [1.165, 1.54) is 0 Å². The van der Waals surface area contributed by atoms with Crippen molar-refractivity contribution in [1.82, 2.24) is 0 Å². The second-order valence-electron chi connectivity index (χ2n) is 11.4. The Morgan fingerprint density at radius 1 is 0.591 bits per heavy atom. The Morgan fingerprint density at radius 2 is 1.05 bits per heavy atom. The van der Waals surface area contributed by atoms with E-state index >= 15 is 0 Å². The lowest BCUT2D eigenvalue weighted by molar-refractivity contribution is -0.357. The summed E-state index contributed by atoms with van der Waals surface area (Å²) in [7, 11) is 0. The van der Waals surface area contributed by atoms with E-state index in [2.05, 4.69) is 48.5 Å². The molecule has 1 spiro atoms. The Hall–Kier alpha value is -3.62. The topological polar surface area (TPSA) is 55.4 Å². The smallest absolute Gasteiger partial charge is 0.218 e. The summed E-state index contributed by atoms with van der Waals surface area (Å²) < 4.78 is 39.8. The standard InChI is InChI=1S/C38H40O6/c1-29-22-38(43-23-29)37(42-27-33-20-12-5-13-21-33)36(41-26-32-18-10-4-11-19-32)35(40-25-31-16-8-3-9-17-31)34(44-38)28-39-24-30-14-6-2-7-15-30/h2-22,34-37H,23-28H2,1H3. The van der Waals surface area contributed by atoms with Crippen LogP contribution in [0.5, 0.6) is 0 Å². The van der Waals surface area contributed by atoms with Gasteiger partial charge in [0.2, 0.25) is 5.79 Å². The first-order valence-electron chi connectivity index (χ1n) is 15.3. The molecule has 0 aliphatic carbocycles. The molecule has 6 rings (SSSR count). The molecule has 0 aromatic heterocycles. The molecule has 0 amide bonds. The van der Waals surface area contributed by atoms with Crippen LogP contribution in [0.2, 0.25) is 0 Å². The van der Waals surface area contributed by atoms with Crippen LogP contribution >= 0.6 is 0 Å². The number of hydrogen-bond acceptors (Lipinski definition) is 6. The zero-order chi connectivity index (χ0) is 30.0. The summed E-state index contributed by atoms with van der Waals surface area (Å²) in [5.74, 6) is -1.15. The Kier molecular flexibility index (Phi) is 10.3. The van der Waals surface area contributed by atoms with Crippen LogP contribution in [-0.2, 0) is 54.8 Å². The minimum absolute atomic E-state index is 0.295. The molecule has 5 unspecified atom stereocenters. The zero-order valence-corrected chi connectivity index (χ0v) is 25.1. The van der Waals surface area contributed by atoms with Crippen LogP contribution in [0.3, 0.4) is 0 Å². The third-order valence-corrected chi connectivity index (χ3v) is 7.93. The fourth-order valence-electron chi connectivity index (χ4n) is 5.75. The number of benzene rings is 4. The summed E-state index contributed by atoms with van der Waals surface area (Å²) >= 11 is 0. The summed E-state index contributed by atoms with van der Waals surface area (Å²) in [5, 5.41) is 0. The maximum Gasteiger partial charge on any atom is 0.218 e. The van der Waals surface area contributed by atoms with Gasteiger partial charge in [-0.2, -0.15) is 0 Å². The van der Waals surface area contributed by atoms with E-state index in [4.69, 9.17) is 28.4 Å². The first kappa shape index (κ1) is 30.4. The monoisotopic (exact) mass is 592 g/mol. The predicted molar refractivity (Wildman–Crippen MR) is 168 cm³/mol. The van der Waals surface area contributed by atoms with E-state index in [1.54, 1.807) is 0 Å². The Morgan fingerprint density at radius 3 is 1.52 bits per heavy atom. The fraction of sp³-hybridized carbons (Fsp3) is 0.316. The van der Waals surface area contributed by atoms with Crippen molar-refractivity contribution in [3.05, 3.63) is 155 Å². The quantitative estimate of drug-likeness (QED) is 0.155. The SMILES string of the molecule is CC1=CC2(OC1)OC(COCc1ccccc1)C(OCc1ccccc1)C(OCc1ccccc1)C2OCc1ccccc1. The third-order valence-electron chi connectivity index (χ3n) is 7.93. The molecule has 2 aliphatic heterocycles. The summed E-state index contributed by atoms with van der Waals surface area (Å²) in [6.07, 6.45) is -0.0705. The normalized spacial score (nSPS) is 24.8. The Balaban J connectivity index is 1.32. The lowest BCUT2D eigenvalue weighted by atomic mass is 9.91. The minimum atomic E-state index is -1.15. The molecule has 4 aromatic carbocycles. The van der Waals surface area contributed by atoms with Crippen LogP contribution in [-0.4, -0.2) is 43.4 Å². The van der Waals surface area contributed by atoms with Gasteiger partial charge in [0, 0.05) is 0 Å². The number of rotatable bonds is 13. The molecule has 0 bridgehead atoms. The Labute approximate surface area is 260 Å². The second-order valence-corrected chi connectivity index (χ2v) is 11.4. The van der Waals surface area contributed by atoms with Gasteiger partial charge in [-0.05, 0) is 40.8 Å². The van der Waals surface area contributed by atoms with Crippen molar-refractivity contribution in [2.24, 2.45) is 0 Å². The van der Waals surface area contributed by atoms with E-state index in [9.17, 15) is 0 Å². The van der Waals surface area contributed by atoms with E-state index in [-0.39, 0.29) is 0 Å². The highest BCUT2D eigenvalue weighted by atomic mass is 16.7. The van der Waals surface area contributed by atoms with Crippen molar-refractivity contribution in [2.75, 3.05) is 13.2 Å². The molecule has 0 radical (unpaired) electrons. The molecule has 4 aromatic rings. The molecule has 6 heteroatoms. The first-order chi connectivity index (χ1) is 21.7. The van der Waals surface area contributed by atoms with E-state index in [1.807, 2.05) is 85.8 Å². The highest BCUT2D eigenvalue weighted by Gasteiger charge is 2.58. The molecular weight excluding hydrogens is 552 g/mol. The van der Waals surface area contributed by atoms with Gasteiger partial charge in [-0.1, -0.05) is 121 Å². The molecule has 1 fully saturated rings. The van der Waals surface area contributed by atoms with Crippen LogP contribution in [0.4, 0.5) is 0 Å². The molecule has 0 saturated carbocycles. The molecule has 2 heterocycles. The number of ether oxygens (including phenoxy) is 6. The lowest BCUT2D eigenvalue weighted by Crippen LogP contribution is -2.66. The van der Waals surface area contributed by atoms with Crippen molar-refractivity contribution < 1.29 is 28.4 Å². The molecular formula is C38H40O6. The largest absolute Gasteiger partial charge is 0.374 e. The lowest BCUT2D eigenvalue weighted by Gasteiger charge is -2.50. The average molecular weight is 593 g/mol. The van der Waals surface area contributed by atoms with Gasteiger partial charge in [-0.15, -0.1) is 0 Å². The van der Waals surface area contributed by atoms with E-state index < -0.39 is 30.2 Å². The maximum atomic E-state index is 6.87. The highest BCUT2D eigenvalue weighted by molar-refractivity contribution is 5.21. The van der Waals surface area contributed by atoms with Crippen molar-refractivity contribution in [3.8, 4) is 0 Å². The van der Waals surface area contributed by atoms with E-state index in [0.717, 1.165) is 27.8 Å². The summed E-state index contributed by atoms with van der Waals surface area (Å²) in [4.78, 5) is 0. The summed E-state index contributed by atoms with van der Waals surface area (Å²) in [5.41, 5.74) is 5.35. The second kappa shape index (κ2) is 14.9.